The normalized spacial score (nSPS) is 16.0. The van der Waals surface area contributed by atoms with Crippen molar-refractivity contribution in [3.05, 3.63) is 157 Å². The lowest BCUT2D eigenvalue weighted by Gasteiger charge is -2.23. The van der Waals surface area contributed by atoms with Crippen LogP contribution in [0, 0.1) is 0 Å². The van der Waals surface area contributed by atoms with E-state index < -0.39 is 29.6 Å². The Kier molecular flexibility index (Phi) is 3.79. The van der Waals surface area contributed by atoms with Crippen LogP contribution in [0.3, 0.4) is 0 Å². The second-order valence-corrected chi connectivity index (χ2v) is 12.6. The van der Waals surface area contributed by atoms with E-state index >= 15 is 0 Å². The number of furan rings is 1. The van der Waals surface area contributed by atoms with Gasteiger partial charge in [0.2, 0.25) is 0 Å². The summed E-state index contributed by atoms with van der Waals surface area (Å²) >= 11 is 0. The van der Waals surface area contributed by atoms with Crippen molar-refractivity contribution in [3.63, 3.8) is 0 Å². The zero-order valence-electron chi connectivity index (χ0n) is 33.1. The Hall–Kier alpha value is -5.66. The summed E-state index contributed by atoms with van der Waals surface area (Å²) < 4.78 is 80.0. The van der Waals surface area contributed by atoms with Crippen LogP contribution >= 0.6 is 0 Å². The molecule has 1 aliphatic carbocycles. The lowest BCUT2D eigenvalue weighted by atomic mass is 9.80. The highest BCUT2D eigenvalue weighted by Gasteiger charge is 2.35. The molecule has 0 fully saturated rings. The summed E-state index contributed by atoms with van der Waals surface area (Å²) in [6.07, 6.45) is 0. The predicted molar refractivity (Wildman–Crippen MR) is 195 cm³/mol. The van der Waals surface area contributed by atoms with Gasteiger partial charge < -0.3 is 4.42 Å². The van der Waals surface area contributed by atoms with Gasteiger partial charge in [-0.1, -0.05) is 141 Å². The summed E-state index contributed by atoms with van der Waals surface area (Å²) in [4.78, 5) is 0. The molecular weight excluding hydrogens is 556 g/mol. The Morgan fingerprint density at radius 1 is 0.522 bits per heavy atom. The zero-order valence-corrected chi connectivity index (χ0v) is 25.1. The summed E-state index contributed by atoms with van der Waals surface area (Å²) in [7, 11) is 0. The average Bonchev–Trinajstić information content (AvgIpc) is 3.69. The van der Waals surface area contributed by atoms with Crippen LogP contribution in [0.5, 0.6) is 0 Å². The highest BCUT2D eigenvalue weighted by Crippen LogP contribution is 2.52. The van der Waals surface area contributed by atoms with Gasteiger partial charge >= 0.3 is 0 Å². The molecule has 9 aromatic rings. The minimum absolute atomic E-state index is 0.180. The highest BCUT2D eigenvalue weighted by molar-refractivity contribution is 6.27. The lowest BCUT2D eigenvalue weighted by molar-refractivity contribution is 0.660. The Bertz CT molecular complexity index is 3090. The first-order valence-electron chi connectivity index (χ1n) is 19.5. The maximum absolute atomic E-state index is 9.48. The van der Waals surface area contributed by atoms with Gasteiger partial charge in [0, 0.05) is 21.6 Å². The molecule has 1 heteroatoms. The van der Waals surface area contributed by atoms with E-state index in [0.29, 0.717) is 38.8 Å². The summed E-state index contributed by atoms with van der Waals surface area (Å²) in [5, 5.41) is 4.12. The van der Waals surface area contributed by atoms with E-state index in [9.17, 15) is 5.48 Å². The maximum Gasteiger partial charge on any atom is 0.143 e. The monoisotopic (exact) mass is 594 g/mol. The zero-order chi connectivity index (χ0) is 37.5. The van der Waals surface area contributed by atoms with Crippen LogP contribution < -0.4 is 0 Å². The number of benzene rings is 8. The van der Waals surface area contributed by atoms with Crippen molar-refractivity contribution < 1.29 is 15.4 Å². The Balaban J connectivity index is 1.44. The van der Waals surface area contributed by atoms with Crippen molar-refractivity contribution in [2.24, 2.45) is 0 Å². The van der Waals surface area contributed by atoms with Crippen molar-refractivity contribution in [3.8, 4) is 33.4 Å². The molecule has 1 aromatic heterocycles. The molecule has 46 heavy (non-hydrogen) atoms. The topological polar surface area (TPSA) is 13.1 Å². The molecule has 0 spiro atoms. The van der Waals surface area contributed by atoms with Crippen LogP contribution in [-0.4, -0.2) is 0 Å². The Morgan fingerprint density at radius 3 is 1.96 bits per heavy atom. The molecule has 0 saturated carbocycles. The van der Waals surface area contributed by atoms with E-state index in [-0.39, 0.29) is 45.7 Å². The van der Waals surface area contributed by atoms with Crippen molar-refractivity contribution in [1.82, 2.24) is 0 Å². The SMILES string of the molecule is [2H]c1c([2H])c([2H])c2c(-c3cccc4oc5c6ccccc6ccc5c34)c3c([2H])c([2H])c([2H])c([2H])c3c(-c3ccc4c(c3)C(C)(C)c3ccccc3-4)c2c1[2H]. The Morgan fingerprint density at radius 2 is 1.17 bits per heavy atom. The van der Waals surface area contributed by atoms with Crippen LogP contribution in [0.2, 0.25) is 0 Å². The van der Waals surface area contributed by atoms with E-state index in [2.05, 4.69) is 26.0 Å². The molecule has 1 nitrogen and oxygen atoms in total. The van der Waals surface area contributed by atoms with E-state index in [1.54, 1.807) is 0 Å². The molecule has 10 rings (SSSR count). The van der Waals surface area contributed by atoms with E-state index in [1.807, 2.05) is 84.9 Å². The summed E-state index contributed by atoms with van der Waals surface area (Å²) in [5.41, 5.74) is 6.96. The molecule has 0 aliphatic heterocycles. The predicted octanol–water partition coefficient (Wildman–Crippen LogP) is 12.7. The molecule has 0 N–H and O–H groups in total. The van der Waals surface area contributed by atoms with Crippen LogP contribution in [0.25, 0.3) is 87.6 Å². The first-order chi connectivity index (χ1) is 25.9. The molecule has 0 saturated heterocycles. The quantitative estimate of drug-likeness (QED) is 0.181. The van der Waals surface area contributed by atoms with Crippen LogP contribution in [0.4, 0.5) is 0 Å². The standard InChI is InChI=1S/C45H30O/c1-45(2)38-20-10-9-14-30(38)31-24-23-28(26-39(31)45)41-32-15-5-7-17-34(32)42(35-18-8-6-16-33(35)41)36-19-11-21-40-43(36)37-25-22-27-12-3-4-13-29(27)44(37)46-40/h3-26H,1-2H3/i5D,6D,7D,8D,15D,16D,17D,18D. The minimum atomic E-state index is -0.430. The third-order valence-corrected chi connectivity index (χ3v) is 9.90. The molecule has 0 unspecified atom stereocenters. The summed E-state index contributed by atoms with van der Waals surface area (Å²) in [6, 6.07) is 28.7. The highest BCUT2D eigenvalue weighted by atomic mass is 16.3. The fourth-order valence-corrected chi connectivity index (χ4v) is 7.80. The fourth-order valence-electron chi connectivity index (χ4n) is 7.80. The number of hydrogen-bond acceptors (Lipinski definition) is 1. The Labute approximate surface area is 278 Å². The molecule has 0 atom stereocenters. The molecule has 1 heterocycles. The number of hydrogen-bond donors (Lipinski definition) is 0. The summed E-state index contributed by atoms with van der Waals surface area (Å²) in [6.45, 7) is 4.30. The van der Waals surface area contributed by atoms with E-state index in [1.165, 1.54) is 5.56 Å². The second-order valence-electron chi connectivity index (χ2n) is 12.6. The van der Waals surface area contributed by atoms with Crippen LogP contribution in [-0.2, 0) is 5.41 Å². The van der Waals surface area contributed by atoms with E-state index in [0.717, 1.165) is 32.8 Å². The molecule has 8 aromatic carbocycles. The van der Waals surface area contributed by atoms with Crippen molar-refractivity contribution in [2.75, 3.05) is 0 Å². The minimum Gasteiger partial charge on any atom is -0.455 e. The molecule has 0 amide bonds. The van der Waals surface area contributed by atoms with Gasteiger partial charge in [0.25, 0.3) is 0 Å². The molecule has 0 radical (unpaired) electrons. The third kappa shape index (κ3) is 3.35. The van der Waals surface area contributed by atoms with Gasteiger partial charge in [0.05, 0.1) is 11.0 Å². The van der Waals surface area contributed by atoms with Gasteiger partial charge in [0.1, 0.15) is 11.2 Å². The lowest BCUT2D eigenvalue weighted by Crippen LogP contribution is -2.14. The molecule has 0 bridgehead atoms. The molecule has 216 valence electrons. The first kappa shape index (κ1) is 19.0. The van der Waals surface area contributed by atoms with Gasteiger partial charge in [-0.2, -0.15) is 0 Å². The second kappa shape index (κ2) is 9.19. The molecular formula is C45H30O. The van der Waals surface area contributed by atoms with Gasteiger partial charge in [-0.15, -0.1) is 0 Å². The van der Waals surface area contributed by atoms with Crippen molar-refractivity contribution in [2.45, 2.75) is 19.3 Å². The van der Waals surface area contributed by atoms with E-state index in [4.69, 9.17) is 9.90 Å². The first-order valence-corrected chi connectivity index (χ1v) is 15.5. The van der Waals surface area contributed by atoms with Gasteiger partial charge in [-0.05, 0) is 89.6 Å². The largest absolute Gasteiger partial charge is 0.455 e. The smallest absolute Gasteiger partial charge is 0.143 e. The van der Waals surface area contributed by atoms with Gasteiger partial charge in [-0.3, -0.25) is 0 Å². The summed E-state index contributed by atoms with van der Waals surface area (Å²) in [5.74, 6) is 0. The average molecular weight is 595 g/mol. The fraction of sp³-hybridized carbons (Fsp3) is 0.0667. The van der Waals surface area contributed by atoms with Crippen molar-refractivity contribution in [1.29, 1.82) is 0 Å². The van der Waals surface area contributed by atoms with Gasteiger partial charge in [0.15, 0.2) is 0 Å². The molecule has 1 aliphatic rings. The van der Waals surface area contributed by atoms with Crippen LogP contribution in [0.15, 0.2) is 150 Å². The van der Waals surface area contributed by atoms with Crippen molar-refractivity contribution >= 4 is 54.3 Å². The van der Waals surface area contributed by atoms with Gasteiger partial charge in [-0.25, -0.2) is 0 Å². The van der Waals surface area contributed by atoms with Crippen LogP contribution in [0.1, 0.15) is 35.9 Å². The number of fused-ring (bicyclic) bond motifs is 10. The third-order valence-electron chi connectivity index (χ3n) is 9.90. The maximum atomic E-state index is 9.48. The number of rotatable bonds is 2.